The van der Waals surface area contributed by atoms with Crippen LogP contribution in [-0.4, -0.2) is 4.98 Å². The summed E-state index contributed by atoms with van der Waals surface area (Å²) in [4.78, 5) is 4.01. The predicted molar refractivity (Wildman–Crippen MR) is 44.6 cm³/mol. The molecule has 0 bridgehead atoms. The van der Waals surface area contributed by atoms with Crippen molar-refractivity contribution < 1.29 is 0 Å². The van der Waals surface area contributed by atoms with Crippen molar-refractivity contribution in [2.24, 2.45) is 5.84 Å². The van der Waals surface area contributed by atoms with E-state index in [1.54, 1.807) is 6.20 Å². The lowest BCUT2D eigenvalue weighted by molar-refractivity contribution is 0.537. The molecule has 0 aromatic carbocycles. The van der Waals surface area contributed by atoms with Crippen molar-refractivity contribution in [1.82, 2.24) is 10.4 Å². The summed E-state index contributed by atoms with van der Waals surface area (Å²) in [7, 11) is 0. The molecule has 0 radical (unpaired) electrons. The van der Waals surface area contributed by atoms with Gasteiger partial charge in [0.2, 0.25) is 0 Å². The number of nitrogens with two attached hydrogens (primary N) is 1. The summed E-state index contributed by atoms with van der Waals surface area (Å²) in [6.07, 6.45) is 4.56. The molecule has 3 heteroatoms. The molecule has 1 unspecified atom stereocenters. The summed E-state index contributed by atoms with van der Waals surface area (Å²) >= 11 is 0. The second-order valence-corrected chi connectivity index (χ2v) is 2.41. The van der Waals surface area contributed by atoms with Crippen LogP contribution in [0.3, 0.4) is 0 Å². The third-order valence-electron chi connectivity index (χ3n) is 1.70. The van der Waals surface area contributed by atoms with Gasteiger partial charge in [-0.15, -0.1) is 0 Å². The highest BCUT2D eigenvalue weighted by Crippen LogP contribution is 2.12. The molecule has 1 atom stereocenters. The summed E-state index contributed by atoms with van der Waals surface area (Å²) in [5, 5.41) is 0. The molecule has 1 rings (SSSR count). The average molecular weight is 151 g/mol. The highest BCUT2D eigenvalue weighted by atomic mass is 15.2. The summed E-state index contributed by atoms with van der Waals surface area (Å²) in [5.41, 5.74) is 3.86. The summed E-state index contributed by atoms with van der Waals surface area (Å²) < 4.78 is 0. The molecule has 0 spiro atoms. The van der Waals surface area contributed by atoms with E-state index >= 15 is 0 Å². The molecule has 0 amide bonds. The van der Waals surface area contributed by atoms with E-state index in [1.165, 1.54) is 0 Å². The van der Waals surface area contributed by atoms with E-state index in [-0.39, 0.29) is 6.04 Å². The summed E-state index contributed by atoms with van der Waals surface area (Å²) in [5.74, 6) is 5.34. The number of nitrogens with zero attached hydrogens (tertiary/aromatic N) is 1. The quantitative estimate of drug-likeness (QED) is 0.500. The third-order valence-corrected chi connectivity index (χ3v) is 1.70. The van der Waals surface area contributed by atoms with E-state index in [2.05, 4.69) is 17.3 Å². The molecule has 11 heavy (non-hydrogen) atoms. The van der Waals surface area contributed by atoms with E-state index < -0.39 is 0 Å². The lowest BCUT2D eigenvalue weighted by Gasteiger charge is -2.12. The van der Waals surface area contributed by atoms with Gasteiger partial charge in [-0.05, 0) is 18.1 Å². The maximum Gasteiger partial charge on any atom is 0.0472 e. The van der Waals surface area contributed by atoms with Gasteiger partial charge in [0.15, 0.2) is 0 Å². The first-order chi connectivity index (χ1) is 5.38. The fourth-order valence-corrected chi connectivity index (χ4v) is 1.03. The third kappa shape index (κ3) is 2.00. The van der Waals surface area contributed by atoms with Gasteiger partial charge in [0, 0.05) is 18.4 Å². The Morgan fingerprint density at radius 1 is 1.73 bits per heavy atom. The molecule has 0 fully saturated rings. The van der Waals surface area contributed by atoms with Crippen LogP contribution in [0, 0.1) is 0 Å². The first-order valence-electron chi connectivity index (χ1n) is 3.74. The number of pyridine rings is 1. The minimum absolute atomic E-state index is 0.226. The standard InChI is InChI=1S/C8H13N3/c1-2-8(11-9)7-4-3-5-10-6-7/h3-6,8,11H,2,9H2,1H3. The topological polar surface area (TPSA) is 50.9 Å². The van der Waals surface area contributed by atoms with Gasteiger partial charge in [-0.2, -0.15) is 0 Å². The molecule has 1 aromatic heterocycles. The minimum atomic E-state index is 0.226. The van der Waals surface area contributed by atoms with Gasteiger partial charge in [0.1, 0.15) is 0 Å². The molecule has 0 aliphatic heterocycles. The molecular formula is C8H13N3. The molecule has 0 aliphatic carbocycles. The molecule has 1 aromatic rings. The number of hydrogen-bond donors (Lipinski definition) is 2. The number of rotatable bonds is 3. The molecule has 0 saturated carbocycles. The Kier molecular flexibility index (Phi) is 3.01. The average Bonchev–Trinajstić information content (AvgIpc) is 2.09. The minimum Gasteiger partial charge on any atom is -0.271 e. The monoisotopic (exact) mass is 151 g/mol. The molecule has 0 aliphatic rings. The van der Waals surface area contributed by atoms with Crippen LogP contribution in [0.5, 0.6) is 0 Å². The van der Waals surface area contributed by atoms with Crippen molar-refractivity contribution in [3.8, 4) is 0 Å². The van der Waals surface area contributed by atoms with Crippen molar-refractivity contribution in [3.63, 3.8) is 0 Å². The highest BCUT2D eigenvalue weighted by Gasteiger charge is 2.04. The van der Waals surface area contributed by atoms with E-state index in [4.69, 9.17) is 5.84 Å². The normalized spacial score (nSPS) is 12.9. The van der Waals surface area contributed by atoms with Crippen LogP contribution in [0.2, 0.25) is 0 Å². The smallest absolute Gasteiger partial charge is 0.0472 e. The predicted octanol–water partition coefficient (Wildman–Crippen LogP) is 0.996. The van der Waals surface area contributed by atoms with Crippen LogP contribution in [0.4, 0.5) is 0 Å². The van der Waals surface area contributed by atoms with E-state index in [0.29, 0.717) is 0 Å². The van der Waals surface area contributed by atoms with Gasteiger partial charge in [-0.3, -0.25) is 16.3 Å². The number of nitrogens with one attached hydrogen (secondary N) is 1. The highest BCUT2D eigenvalue weighted by molar-refractivity contribution is 5.12. The Morgan fingerprint density at radius 2 is 2.55 bits per heavy atom. The maximum atomic E-state index is 5.34. The Morgan fingerprint density at radius 3 is 3.00 bits per heavy atom. The van der Waals surface area contributed by atoms with Crippen LogP contribution in [0.1, 0.15) is 24.9 Å². The Balaban J connectivity index is 2.74. The SMILES string of the molecule is CCC(NN)c1cccnc1. The van der Waals surface area contributed by atoms with Crippen molar-refractivity contribution >= 4 is 0 Å². The largest absolute Gasteiger partial charge is 0.271 e. The summed E-state index contributed by atoms with van der Waals surface area (Å²) in [6, 6.07) is 4.15. The van der Waals surface area contributed by atoms with Gasteiger partial charge in [0.05, 0.1) is 0 Å². The molecule has 60 valence electrons. The number of hydrazine groups is 1. The van der Waals surface area contributed by atoms with E-state index in [9.17, 15) is 0 Å². The molecule has 1 heterocycles. The van der Waals surface area contributed by atoms with Crippen LogP contribution in [-0.2, 0) is 0 Å². The van der Waals surface area contributed by atoms with Gasteiger partial charge >= 0.3 is 0 Å². The van der Waals surface area contributed by atoms with E-state index in [1.807, 2.05) is 18.3 Å². The first kappa shape index (κ1) is 8.17. The van der Waals surface area contributed by atoms with Gasteiger partial charge < -0.3 is 0 Å². The zero-order chi connectivity index (χ0) is 8.10. The van der Waals surface area contributed by atoms with Crippen molar-refractivity contribution in [1.29, 1.82) is 0 Å². The van der Waals surface area contributed by atoms with Crippen LogP contribution >= 0.6 is 0 Å². The zero-order valence-electron chi connectivity index (χ0n) is 6.62. The number of aromatic nitrogens is 1. The molecular weight excluding hydrogens is 138 g/mol. The molecule has 3 N–H and O–H groups in total. The first-order valence-corrected chi connectivity index (χ1v) is 3.74. The lowest BCUT2D eigenvalue weighted by atomic mass is 10.1. The van der Waals surface area contributed by atoms with Gasteiger partial charge in [-0.1, -0.05) is 13.0 Å². The molecule has 3 nitrogen and oxygen atoms in total. The second-order valence-electron chi connectivity index (χ2n) is 2.41. The van der Waals surface area contributed by atoms with Crippen molar-refractivity contribution in [2.75, 3.05) is 0 Å². The Hall–Kier alpha value is -0.930. The Bertz CT molecular complexity index is 194. The van der Waals surface area contributed by atoms with Crippen LogP contribution in [0.15, 0.2) is 24.5 Å². The maximum absolute atomic E-state index is 5.34. The fourth-order valence-electron chi connectivity index (χ4n) is 1.03. The summed E-state index contributed by atoms with van der Waals surface area (Å²) in [6.45, 7) is 2.08. The van der Waals surface area contributed by atoms with Crippen LogP contribution in [0.25, 0.3) is 0 Å². The second kappa shape index (κ2) is 4.05. The van der Waals surface area contributed by atoms with E-state index in [0.717, 1.165) is 12.0 Å². The number of hydrogen-bond acceptors (Lipinski definition) is 3. The lowest BCUT2D eigenvalue weighted by Crippen LogP contribution is -2.27. The Labute approximate surface area is 66.6 Å². The van der Waals surface area contributed by atoms with Gasteiger partial charge in [0.25, 0.3) is 0 Å². The van der Waals surface area contributed by atoms with Crippen molar-refractivity contribution in [2.45, 2.75) is 19.4 Å². The fraction of sp³-hybridized carbons (Fsp3) is 0.375. The molecule has 0 saturated heterocycles. The van der Waals surface area contributed by atoms with Crippen molar-refractivity contribution in [3.05, 3.63) is 30.1 Å². The zero-order valence-corrected chi connectivity index (χ0v) is 6.62. The van der Waals surface area contributed by atoms with Gasteiger partial charge in [-0.25, -0.2) is 0 Å². The van der Waals surface area contributed by atoms with Crippen LogP contribution < -0.4 is 11.3 Å².